The van der Waals surface area contributed by atoms with Crippen LogP contribution >= 0.6 is 11.6 Å². The van der Waals surface area contributed by atoms with Gasteiger partial charge in [0.1, 0.15) is 11.5 Å². The van der Waals surface area contributed by atoms with E-state index >= 15 is 0 Å². The fourth-order valence-corrected chi connectivity index (χ4v) is 7.14. The third kappa shape index (κ3) is 7.89. The number of ether oxygens (including phenoxy) is 1. The van der Waals surface area contributed by atoms with Crippen LogP contribution in [0.2, 0.25) is 5.02 Å². The van der Waals surface area contributed by atoms with Gasteiger partial charge < -0.3 is 19.3 Å². The lowest BCUT2D eigenvalue weighted by molar-refractivity contribution is 0.0181. The number of anilines is 1. The molecule has 2 N–H and O–H groups in total. The number of nitrogens with zero attached hydrogens (tertiary/aromatic N) is 1. The number of hydrogen-bond acceptors (Lipinski definition) is 5. The van der Waals surface area contributed by atoms with Gasteiger partial charge in [0.05, 0.1) is 29.8 Å². The summed E-state index contributed by atoms with van der Waals surface area (Å²) in [5.41, 5.74) is 3.75. The number of benzene rings is 2. The molecule has 1 saturated carbocycles. The molecule has 1 amide bonds. The molecule has 0 saturated heterocycles. The summed E-state index contributed by atoms with van der Waals surface area (Å²) in [4.78, 5) is 15.4. The van der Waals surface area contributed by atoms with E-state index in [1.807, 2.05) is 25.1 Å². The van der Waals surface area contributed by atoms with Gasteiger partial charge in [-0.2, -0.15) is 4.72 Å². The Bertz CT molecular complexity index is 1220. The van der Waals surface area contributed by atoms with Crippen molar-refractivity contribution in [3.8, 4) is 5.75 Å². The minimum atomic E-state index is -1.51. The van der Waals surface area contributed by atoms with Crippen molar-refractivity contribution in [3.05, 3.63) is 83.4 Å². The van der Waals surface area contributed by atoms with E-state index in [2.05, 4.69) is 41.8 Å². The number of amides is 1. The molecule has 0 spiro atoms. The SMILES string of the molecule is C=CCC(O)C1CCC1CN1CC(c2ccc(Cl)cc2CCC)COc2ccc(C(=O)N[S+]([O-])C[C@H](C)C=C)cc21. The zero-order valence-electron chi connectivity index (χ0n) is 24.2. The monoisotopic (exact) mass is 598 g/mol. The standard InChI is InChI=1S/C33H43ClN2O4S/c1-5-8-23-16-27(34)12-14-28(23)26-19-36(18-25-10-13-29(25)31(37)9-6-2)30-17-24(11-15-32(30)40-20-26)33(38)35-41(39)21-22(4)7-3/h6-7,11-12,14-17,22,25-26,29,31,37H,2-3,5,8-10,13,18-21H2,1,4H3,(H,35,38)/t22-,25?,26?,29?,31?,41?/m1/s1. The van der Waals surface area contributed by atoms with Crippen molar-refractivity contribution >= 4 is 34.6 Å². The normalized spacial score (nSPS) is 22.3. The van der Waals surface area contributed by atoms with Crippen LogP contribution in [0, 0.1) is 17.8 Å². The molecule has 1 fully saturated rings. The second-order valence-electron chi connectivity index (χ2n) is 11.4. The molecule has 1 aliphatic heterocycles. The molecule has 2 aromatic rings. The van der Waals surface area contributed by atoms with Gasteiger partial charge >= 0.3 is 0 Å². The minimum absolute atomic E-state index is 0.0290. The van der Waals surface area contributed by atoms with E-state index in [9.17, 15) is 14.5 Å². The molecule has 2 aromatic carbocycles. The first-order chi connectivity index (χ1) is 19.7. The van der Waals surface area contributed by atoms with Gasteiger partial charge in [0.15, 0.2) is 0 Å². The third-order valence-electron chi connectivity index (χ3n) is 8.36. The van der Waals surface area contributed by atoms with E-state index in [0.717, 1.165) is 48.7 Å². The Morgan fingerprint density at radius 2 is 2.10 bits per heavy atom. The van der Waals surface area contributed by atoms with Gasteiger partial charge in [-0.1, -0.05) is 50.1 Å². The van der Waals surface area contributed by atoms with Crippen LogP contribution in [0.25, 0.3) is 0 Å². The smallest absolute Gasteiger partial charge is 0.292 e. The topological polar surface area (TPSA) is 84.9 Å². The van der Waals surface area contributed by atoms with Crippen molar-refractivity contribution in [2.75, 3.05) is 30.3 Å². The summed E-state index contributed by atoms with van der Waals surface area (Å²) >= 11 is 4.87. The van der Waals surface area contributed by atoms with E-state index in [-0.39, 0.29) is 23.7 Å². The first kappa shape index (κ1) is 31.5. The van der Waals surface area contributed by atoms with E-state index in [1.54, 1.807) is 18.2 Å². The van der Waals surface area contributed by atoms with Gasteiger partial charge in [0.2, 0.25) is 0 Å². The quantitative estimate of drug-likeness (QED) is 0.204. The highest BCUT2D eigenvalue weighted by Crippen LogP contribution is 2.42. The van der Waals surface area contributed by atoms with E-state index in [4.69, 9.17) is 16.3 Å². The maximum absolute atomic E-state index is 13.1. The number of carbonyl (C=O) groups is 1. The number of hydrogen-bond donors (Lipinski definition) is 2. The Morgan fingerprint density at radius 3 is 2.78 bits per heavy atom. The summed E-state index contributed by atoms with van der Waals surface area (Å²) in [6.45, 7) is 13.6. The van der Waals surface area contributed by atoms with E-state index in [0.29, 0.717) is 36.8 Å². The predicted molar refractivity (Wildman–Crippen MR) is 169 cm³/mol. The first-order valence-electron chi connectivity index (χ1n) is 14.6. The van der Waals surface area contributed by atoms with Crippen LogP contribution in [0.1, 0.15) is 66.9 Å². The van der Waals surface area contributed by atoms with Crippen LogP contribution in [-0.4, -0.2) is 47.1 Å². The highest BCUT2D eigenvalue weighted by Gasteiger charge is 2.38. The molecule has 5 unspecified atom stereocenters. The first-order valence-corrected chi connectivity index (χ1v) is 16.3. The fourth-order valence-electron chi connectivity index (χ4n) is 5.92. The van der Waals surface area contributed by atoms with Crippen molar-refractivity contribution < 1.29 is 19.2 Å². The van der Waals surface area contributed by atoms with Crippen LogP contribution in [0.5, 0.6) is 5.75 Å². The molecular formula is C33H43ClN2O4S. The Kier molecular flexibility index (Phi) is 11.2. The van der Waals surface area contributed by atoms with Gasteiger partial charge in [0, 0.05) is 35.5 Å². The summed E-state index contributed by atoms with van der Waals surface area (Å²) in [6, 6.07) is 11.5. The summed E-state index contributed by atoms with van der Waals surface area (Å²) in [6.07, 6.45) is 7.68. The highest BCUT2D eigenvalue weighted by atomic mass is 35.5. The van der Waals surface area contributed by atoms with Crippen molar-refractivity contribution in [2.24, 2.45) is 17.8 Å². The van der Waals surface area contributed by atoms with E-state index in [1.165, 1.54) is 11.1 Å². The largest absolute Gasteiger partial charge is 0.593 e. The highest BCUT2D eigenvalue weighted by molar-refractivity contribution is 7.90. The number of aryl methyl sites for hydroxylation is 1. The zero-order valence-corrected chi connectivity index (χ0v) is 25.8. The number of fused-ring (bicyclic) bond motifs is 1. The molecule has 0 aromatic heterocycles. The number of aliphatic hydroxyl groups is 1. The average molecular weight is 599 g/mol. The second-order valence-corrected chi connectivity index (χ2v) is 13.1. The molecule has 0 bridgehead atoms. The molecule has 4 rings (SSSR count). The molecule has 6 nitrogen and oxygen atoms in total. The third-order valence-corrected chi connectivity index (χ3v) is 9.84. The number of halogens is 1. The molecule has 41 heavy (non-hydrogen) atoms. The van der Waals surface area contributed by atoms with Gasteiger partial charge in [-0.15, -0.1) is 13.2 Å². The van der Waals surface area contributed by atoms with Gasteiger partial charge in [-0.05, 0) is 79.0 Å². The lowest BCUT2D eigenvalue weighted by Gasteiger charge is -2.43. The summed E-state index contributed by atoms with van der Waals surface area (Å²) in [5.74, 6) is 1.32. The molecule has 0 radical (unpaired) electrons. The van der Waals surface area contributed by atoms with Crippen molar-refractivity contribution in [2.45, 2.75) is 58.0 Å². The van der Waals surface area contributed by atoms with Gasteiger partial charge in [0.25, 0.3) is 5.91 Å². The summed E-state index contributed by atoms with van der Waals surface area (Å²) < 4.78 is 21.5. The van der Waals surface area contributed by atoms with Crippen LogP contribution in [-0.2, 0) is 17.8 Å². The summed E-state index contributed by atoms with van der Waals surface area (Å²) in [5, 5.41) is 11.5. The molecule has 222 valence electrons. The van der Waals surface area contributed by atoms with Gasteiger partial charge in [-0.3, -0.25) is 4.79 Å². The van der Waals surface area contributed by atoms with Crippen LogP contribution in [0.4, 0.5) is 5.69 Å². The van der Waals surface area contributed by atoms with Crippen LogP contribution < -0.4 is 14.4 Å². The van der Waals surface area contributed by atoms with Crippen molar-refractivity contribution in [3.63, 3.8) is 0 Å². The fraction of sp³-hybridized carbons (Fsp3) is 0.485. The number of aliphatic hydroxyl groups excluding tert-OH is 1. The molecule has 8 heteroatoms. The lowest BCUT2D eigenvalue weighted by atomic mass is 9.69. The molecule has 1 heterocycles. The zero-order chi connectivity index (χ0) is 29.5. The molecule has 6 atom stereocenters. The van der Waals surface area contributed by atoms with Crippen LogP contribution in [0.3, 0.4) is 0 Å². The maximum atomic E-state index is 13.1. The van der Waals surface area contributed by atoms with E-state index < -0.39 is 17.5 Å². The second kappa shape index (κ2) is 14.6. The molecule has 1 aliphatic carbocycles. The number of allylic oxidation sites excluding steroid dienone is 1. The molecular weight excluding hydrogens is 556 g/mol. The Labute approximate surface area is 253 Å². The Hall–Kier alpha value is -2.45. The maximum Gasteiger partial charge on any atom is 0.292 e. The Morgan fingerprint density at radius 1 is 1.29 bits per heavy atom. The number of nitrogens with one attached hydrogen (secondary N) is 1. The predicted octanol–water partition coefficient (Wildman–Crippen LogP) is 6.45. The number of carbonyl (C=O) groups excluding carboxylic acids is 1. The molecule has 2 aliphatic rings. The Balaban J connectivity index is 1.63. The van der Waals surface area contributed by atoms with Crippen molar-refractivity contribution in [1.82, 2.24) is 4.72 Å². The van der Waals surface area contributed by atoms with Gasteiger partial charge in [-0.25, -0.2) is 0 Å². The number of rotatable bonds is 13. The van der Waals surface area contributed by atoms with Crippen LogP contribution in [0.15, 0.2) is 61.7 Å². The van der Waals surface area contributed by atoms with Crippen molar-refractivity contribution in [1.29, 1.82) is 0 Å². The lowest BCUT2D eigenvalue weighted by Crippen LogP contribution is -2.44. The average Bonchev–Trinajstić information content (AvgIpc) is 3.10. The summed E-state index contributed by atoms with van der Waals surface area (Å²) in [7, 11) is 0. The minimum Gasteiger partial charge on any atom is -0.593 e.